The first-order valence-corrected chi connectivity index (χ1v) is 9.08. The van der Waals surface area contributed by atoms with E-state index in [0.29, 0.717) is 5.75 Å². The quantitative estimate of drug-likeness (QED) is 0.754. The molecule has 0 heterocycles. The predicted molar refractivity (Wildman–Crippen MR) is 88.3 cm³/mol. The molecule has 0 fully saturated rings. The number of hydrogen-bond acceptors (Lipinski definition) is 3. The zero-order valence-electron chi connectivity index (χ0n) is 13.0. The zero-order valence-corrected chi connectivity index (χ0v) is 13.8. The molecule has 0 bridgehead atoms. The van der Waals surface area contributed by atoms with Gasteiger partial charge in [-0.25, -0.2) is 17.5 Å². The lowest BCUT2D eigenvalue weighted by molar-refractivity contribution is 0.322. The fourth-order valence-corrected chi connectivity index (χ4v) is 3.20. The van der Waals surface area contributed by atoms with Crippen molar-refractivity contribution < 1.29 is 17.5 Å². The van der Waals surface area contributed by atoms with Crippen molar-refractivity contribution in [2.45, 2.75) is 19.1 Å². The number of benzene rings is 2. The summed E-state index contributed by atoms with van der Waals surface area (Å²) in [5.41, 5.74) is 1.36. The van der Waals surface area contributed by atoms with Gasteiger partial charge in [-0.3, -0.25) is 0 Å². The van der Waals surface area contributed by atoms with Gasteiger partial charge in [-0.15, -0.1) is 0 Å². The fourth-order valence-electron chi connectivity index (χ4n) is 2.06. The minimum absolute atomic E-state index is 0.131. The van der Waals surface area contributed by atoms with E-state index < -0.39 is 15.8 Å². The molecule has 0 radical (unpaired) electrons. The molecule has 0 unspecified atom stereocenters. The standard InChI is InChI=1S/C17H20FNO3S/c1-2-14-7-9-16(10-8-14)22-12-11-19-23(20,21)13-15-5-3-4-6-17(15)18/h3-10,19H,2,11-13H2,1H3. The summed E-state index contributed by atoms with van der Waals surface area (Å²) in [5, 5.41) is 0. The fraction of sp³-hybridized carbons (Fsp3) is 0.294. The third-order valence-electron chi connectivity index (χ3n) is 3.33. The largest absolute Gasteiger partial charge is 0.492 e. The van der Waals surface area contributed by atoms with Gasteiger partial charge >= 0.3 is 0 Å². The highest BCUT2D eigenvalue weighted by Crippen LogP contribution is 2.12. The van der Waals surface area contributed by atoms with E-state index in [-0.39, 0.29) is 24.5 Å². The van der Waals surface area contributed by atoms with Gasteiger partial charge in [0.1, 0.15) is 18.2 Å². The smallest absolute Gasteiger partial charge is 0.216 e. The molecule has 0 atom stereocenters. The summed E-state index contributed by atoms with van der Waals surface area (Å²) in [7, 11) is -3.59. The van der Waals surface area contributed by atoms with E-state index in [1.807, 2.05) is 24.3 Å². The van der Waals surface area contributed by atoms with E-state index in [4.69, 9.17) is 4.74 Å². The van der Waals surface area contributed by atoms with Crippen molar-refractivity contribution in [3.05, 3.63) is 65.5 Å². The Hall–Kier alpha value is -1.92. The maximum atomic E-state index is 13.5. The average Bonchev–Trinajstić information content (AvgIpc) is 2.54. The van der Waals surface area contributed by atoms with Crippen LogP contribution in [-0.4, -0.2) is 21.6 Å². The van der Waals surface area contributed by atoms with Crippen LogP contribution in [0.5, 0.6) is 5.75 Å². The van der Waals surface area contributed by atoms with Crippen LogP contribution in [0.2, 0.25) is 0 Å². The van der Waals surface area contributed by atoms with Crippen molar-refractivity contribution in [3.63, 3.8) is 0 Å². The Morgan fingerprint density at radius 3 is 2.43 bits per heavy atom. The Labute approximate surface area is 136 Å². The lowest BCUT2D eigenvalue weighted by Crippen LogP contribution is -2.29. The first-order valence-electron chi connectivity index (χ1n) is 7.42. The van der Waals surface area contributed by atoms with Gasteiger partial charge in [0.05, 0.1) is 5.75 Å². The van der Waals surface area contributed by atoms with E-state index in [1.54, 1.807) is 6.07 Å². The summed E-state index contributed by atoms with van der Waals surface area (Å²) in [6, 6.07) is 13.5. The van der Waals surface area contributed by atoms with Crippen molar-refractivity contribution in [1.29, 1.82) is 0 Å². The van der Waals surface area contributed by atoms with Crippen LogP contribution in [0.4, 0.5) is 4.39 Å². The van der Waals surface area contributed by atoms with Gasteiger partial charge in [0.15, 0.2) is 0 Å². The number of aryl methyl sites for hydroxylation is 1. The van der Waals surface area contributed by atoms with E-state index in [9.17, 15) is 12.8 Å². The second-order valence-corrected chi connectivity index (χ2v) is 6.90. The van der Waals surface area contributed by atoms with Crippen molar-refractivity contribution >= 4 is 10.0 Å². The minimum Gasteiger partial charge on any atom is -0.492 e. The summed E-state index contributed by atoms with van der Waals surface area (Å²) in [6.45, 7) is 2.41. The van der Waals surface area contributed by atoms with Crippen LogP contribution in [-0.2, 0) is 22.2 Å². The van der Waals surface area contributed by atoms with E-state index >= 15 is 0 Å². The average molecular weight is 337 g/mol. The highest BCUT2D eigenvalue weighted by atomic mass is 32.2. The first kappa shape index (κ1) is 17.4. The molecular formula is C17H20FNO3S. The maximum absolute atomic E-state index is 13.5. The highest BCUT2D eigenvalue weighted by Gasteiger charge is 2.13. The van der Waals surface area contributed by atoms with Gasteiger partial charge in [-0.2, -0.15) is 0 Å². The van der Waals surface area contributed by atoms with Crippen molar-refractivity contribution in [3.8, 4) is 5.75 Å². The Balaban J connectivity index is 1.79. The molecule has 0 aromatic heterocycles. The molecule has 0 aliphatic rings. The number of rotatable bonds is 8. The Bertz CT molecular complexity index is 730. The molecule has 23 heavy (non-hydrogen) atoms. The topological polar surface area (TPSA) is 55.4 Å². The number of ether oxygens (including phenoxy) is 1. The zero-order chi connectivity index (χ0) is 16.7. The van der Waals surface area contributed by atoms with Crippen LogP contribution in [0.15, 0.2) is 48.5 Å². The molecule has 0 aliphatic heterocycles. The molecule has 4 nitrogen and oxygen atoms in total. The Morgan fingerprint density at radius 1 is 1.09 bits per heavy atom. The molecule has 0 amide bonds. The maximum Gasteiger partial charge on any atom is 0.216 e. The minimum atomic E-state index is -3.59. The van der Waals surface area contributed by atoms with Gasteiger partial charge in [0, 0.05) is 12.1 Å². The Morgan fingerprint density at radius 2 is 1.78 bits per heavy atom. The summed E-state index contributed by atoms with van der Waals surface area (Å²) in [6.07, 6.45) is 0.954. The molecule has 6 heteroatoms. The van der Waals surface area contributed by atoms with Crippen LogP contribution in [0, 0.1) is 5.82 Å². The van der Waals surface area contributed by atoms with E-state index in [0.717, 1.165) is 6.42 Å². The molecule has 1 N–H and O–H groups in total. The van der Waals surface area contributed by atoms with E-state index in [2.05, 4.69) is 11.6 Å². The molecule has 0 saturated heterocycles. The van der Waals surface area contributed by atoms with Crippen LogP contribution in [0.1, 0.15) is 18.1 Å². The van der Waals surface area contributed by atoms with Crippen molar-refractivity contribution in [1.82, 2.24) is 4.72 Å². The molecule has 2 aromatic rings. The Kier molecular flexibility index (Phi) is 6.12. The van der Waals surface area contributed by atoms with Gasteiger partial charge in [-0.05, 0) is 30.2 Å². The number of halogens is 1. The predicted octanol–water partition coefficient (Wildman–Crippen LogP) is 2.89. The number of nitrogens with one attached hydrogen (secondary N) is 1. The second kappa shape index (κ2) is 8.08. The lowest BCUT2D eigenvalue weighted by atomic mass is 10.2. The van der Waals surface area contributed by atoms with Crippen LogP contribution >= 0.6 is 0 Å². The van der Waals surface area contributed by atoms with Crippen molar-refractivity contribution in [2.75, 3.05) is 13.2 Å². The summed E-state index contributed by atoms with van der Waals surface area (Å²) in [5.74, 6) is -0.217. The lowest BCUT2D eigenvalue weighted by Gasteiger charge is -2.09. The molecule has 2 aromatic carbocycles. The summed E-state index contributed by atoms with van der Waals surface area (Å²) < 4.78 is 45.2. The van der Waals surface area contributed by atoms with Gasteiger partial charge in [-0.1, -0.05) is 37.3 Å². The van der Waals surface area contributed by atoms with E-state index in [1.165, 1.54) is 23.8 Å². The molecular weight excluding hydrogens is 317 g/mol. The number of sulfonamides is 1. The SMILES string of the molecule is CCc1ccc(OCCNS(=O)(=O)Cc2ccccc2F)cc1. The molecule has 124 valence electrons. The van der Waals surface area contributed by atoms with Crippen LogP contribution in [0.3, 0.4) is 0 Å². The molecule has 0 saturated carbocycles. The van der Waals surface area contributed by atoms with Crippen LogP contribution in [0.25, 0.3) is 0 Å². The summed E-state index contributed by atoms with van der Waals surface area (Å²) in [4.78, 5) is 0. The first-order chi connectivity index (χ1) is 11.0. The van der Waals surface area contributed by atoms with Crippen LogP contribution < -0.4 is 9.46 Å². The van der Waals surface area contributed by atoms with Gasteiger partial charge in [0.2, 0.25) is 10.0 Å². The third kappa shape index (κ3) is 5.65. The monoisotopic (exact) mass is 337 g/mol. The third-order valence-corrected chi connectivity index (χ3v) is 4.66. The highest BCUT2D eigenvalue weighted by molar-refractivity contribution is 7.88. The molecule has 2 rings (SSSR count). The molecule has 0 aliphatic carbocycles. The van der Waals surface area contributed by atoms with Gasteiger partial charge < -0.3 is 4.74 Å². The normalized spacial score (nSPS) is 11.4. The van der Waals surface area contributed by atoms with Gasteiger partial charge in [0.25, 0.3) is 0 Å². The van der Waals surface area contributed by atoms with Crippen molar-refractivity contribution in [2.24, 2.45) is 0 Å². The second-order valence-electron chi connectivity index (χ2n) is 5.09. The molecule has 0 spiro atoms. The number of hydrogen-bond donors (Lipinski definition) is 1. The summed E-state index contributed by atoms with van der Waals surface area (Å²) >= 11 is 0.